The van der Waals surface area contributed by atoms with Gasteiger partial charge in [-0.1, -0.05) is 6.07 Å². The highest BCUT2D eigenvalue weighted by atomic mass is 32.2. The molecule has 1 aliphatic heterocycles. The number of ether oxygens (including phenoxy) is 1. The van der Waals surface area contributed by atoms with Gasteiger partial charge in [0.25, 0.3) is 0 Å². The van der Waals surface area contributed by atoms with Crippen LogP contribution in [-0.4, -0.2) is 60.4 Å². The molecule has 11 heteroatoms. The number of nitrogens with zero attached hydrogens (tertiary/aromatic N) is 5. The minimum absolute atomic E-state index is 0.0352. The Bertz CT molecular complexity index is 1400. The highest BCUT2D eigenvalue weighted by Gasteiger charge is 2.30. The Hall–Kier alpha value is -3.15. The Kier molecular flexibility index (Phi) is 5.69. The Morgan fingerprint density at radius 1 is 1.03 bits per heavy atom. The van der Waals surface area contributed by atoms with Gasteiger partial charge in [0.2, 0.25) is 10.0 Å². The van der Waals surface area contributed by atoms with Crippen molar-refractivity contribution in [3.05, 3.63) is 60.7 Å². The molecule has 0 amide bonds. The van der Waals surface area contributed by atoms with Crippen molar-refractivity contribution in [2.75, 3.05) is 38.2 Å². The number of halogens is 1. The van der Waals surface area contributed by atoms with Crippen molar-refractivity contribution < 1.29 is 17.5 Å². The zero-order valence-electron chi connectivity index (χ0n) is 17.7. The second-order valence-corrected chi connectivity index (χ2v) is 10.2. The van der Waals surface area contributed by atoms with E-state index in [0.29, 0.717) is 13.1 Å². The molecule has 0 unspecified atom stereocenters. The number of hydrogen-bond donors (Lipinski definition) is 0. The lowest BCUT2D eigenvalue weighted by molar-refractivity contribution is 0.384. The van der Waals surface area contributed by atoms with Gasteiger partial charge in [0, 0.05) is 31.7 Å². The summed E-state index contributed by atoms with van der Waals surface area (Å²) in [5.41, 5.74) is 2.45. The van der Waals surface area contributed by atoms with Gasteiger partial charge in [-0.15, -0.1) is 0 Å². The number of fused-ring (bicyclic) bond motifs is 1. The maximum Gasteiger partial charge on any atom is 0.243 e. The average molecular weight is 486 g/mol. The minimum atomic E-state index is -3.76. The Labute approximate surface area is 194 Å². The van der Waals surface area contributed by atoms with Crippen molar-refractivity contribution in [1.82, 2.24) is 18.6 Å². The summed E-state index contributed by atoms with van der Waals surface area (Å²) in [6.07, 6.45) is 1.51. The molecule has 0 N–H and O–H groups in total. The van der Waals surface area contributed by atoms with E-state index in [0.717, 1.165) is 39.1 Å². The van der Waals surface area contributed by atoms with Crippen molar-refractivity contribution in [1.29, 1.82) is 0 Å². The number of sulfonamides is 1. The van der Waals surface area contributed by atoms with Gasteiger partial charge in [-0.05, 0) is 54.0 Å². The van der Waals surface area contributed by atoms with Crippen molar-refractivity contribution in [3.63, 3.8) is 0 Å². The normalized spacial score (nSPS) is 15.2. The van der Waals surface area contributed by atoms with Crippen LogP contribution < -0.4 is 9.64 Å². The zero-order valence-corrected chi connectivity index (χ0v) is 19.3. The molecule has 0 saturated carbocycles. The largest absolute Gasteiger partial charge is 0.497 e. The zero-order chi connectivity index (χ0) is 23.0. The molecule has 5 rings (SSSR count). The molecular formula is C22H20FN5O3S2. The molecule has 0 spiro atoms. The molecule has 4 aromatic rings. The van der Waals surface area contributed by atoms with E-state index >= 15 is 0 Å². The second kappa shape index (κ2) is 8.65. The Morgan fingerprint density at radius 2 is 1.79 bits per heavy atom. The number of rotatable bonds is 5. The van der Waals surface area contributed by atoms with Gasteiger partial charge in [0.1, 0.15) is 33.8 Å². The van der Waals surface area contributed by atoms with Crippen LogP contribution in [0.15, 0.2) is 59.8 Å². The summed E-state index contributed by atoms with van der Waals surface area (Å²) >= 11 is 1.32. The summed E-state index contributed by atoms with van der Waals surface area (Å²) in [7, 11) is -2.14. The number of benzene rings is 2. The Balaban J connectivity index is 1.38. The van der Waals surface area contributed by atoms with Crippen LogP contribution in [0.25, 0.3) is 21.5 Å². The maximum atomic E-state index is 13.5. The smallest absolute Gasteiger partial charge is 0.243 e. The van der Waals surface area contributed by atoms with Gasteiger partial charge in [-0.25, -0.2) is 22.8 Å². The average Bonchev–Trinajstić information content (AvgIpc) is 3.28. The molecule has 0 aliphatic carbocycles. The van der Waals surface area contributed by atoms with E-state index in [2.05, 4.69) is 14.3 Å². The third kappa shape index (κ3) is 4.03. The lowest BCUT2D eigenvalue weighted by atomic mass is 10.1. The monoisotopic (exact) mass is 485 g/mol. The van der Waals surface area contributed by atoms with Gasteiger partial charge < -0.3 is 9.64 Å². The number of anilines is 1. The third-order valence-corrected chi connectivity index (χ3v) is 8.30. The molecule has 1 aliphatic rings. The number of aromatic nitrogens is 3. The van der Waals surface area contributed by atoms with Crippen molar-refractivity contribution >= 4 is 37.6 Å². The van der Waals surface area contributed by atoms with E-state index < -0.39 is 15.8 Å². The predicted octanol–water partition coefficient (Wildman–Crippen LogP) is 3.41. The highest BCUT2D eigenvalue weighted by Crippen LogP contribution is 2.35. The van der Waals surface area contributed by atoms with E-state index in [9.17, 15) is 12.8 Å². The number of methoxy groups -OCH3 is 1. The summed E-state index contributed by atoms with van der Waals surface area (Å²) < 4.78 is 51.4. The van der Waals surface area contributed by atoms with Crippen LogP contribution in [-0.2, 0) is 10.0 Å². The van der Waals surface area contributed by atoms with Crippen molar-refractivity contribution in [3.8, 4) is 17.0 Å². The fraction of sp³-hybridized carbons (Fsp3) is 0.227. The quantitative estimate of drug-likeness (QED) is 0.428. The van der Waals surface area contributed by atoms with Crippen LogP contribution >= 0.6 is 11.5 Å². The van der Waals surface area contributed by atoms with Crippen LogP contribution in [0.3, 0.4) is 0 Å². The van der Waals surface area contributed by atoms with Gasteiger partial charge in [-0.2, -0.15) is 8.68 Å². The molecule has 2 aromatic carbocycles. The van der Waals surface area contributed by atoms with E-state index in [-0.39, 0.29) is 18.0 Å². The van der Waals surface area contributed by atoms with Crippen LogP contribution in [0.5, 0.6) is 5.75 Å². The molecule has 8 nitrogen and oxygen atoms in total. The minimum Gasteiger partial charge on any atom is -0.497 e. The molecule has 33 heavy (non-hydrogen) atoms. The molecular weight excluding hydrogens is 465 g/mol. The van der Waals surface area contributed by atoms with E-state index in [4.69, 9.17) is 4.74 Å². The first-order valence-electron chi connectivity index (χ1n) is 10.2. The summed E-state index contributed by atoms with van der Waals surface area (Å²) in [6, 6.07) is 12.7. The molecule has 2 aromatic heterocycles. The lowest BCUT2D eigenvalue weighted by Crippen LogP contribution is -2.49. The van der Waals surface area contributed by atoms with Crippen LogP contribution in [0.2, 0.25) is 0 Å². The van der Waals surface area contributed by atoms with Crippen molar-refractivity contribution in [2.45, 2.75) is 4.90 Å². The molecule has 1 saturated heterocycles. The summed E-state index contributed by atoms with van der Waals surface area (Å²) in [6.45, 7) is 1.45. The third-order valence-electron chi connectivity index (χ3n) is 5.57. The highest BCUT2D eigenvalue weighted by molar-refractivity contribution is 7.89. The fourth-order valence-corrected chi connectivity index (χ4v) is 6.16. The first kappa shape index (κ1) is 21.7. The fourth-order valence-electron chi connectivity index (χ4n) is 3.83. The van der Waals surface area contributed by atoms with E-state index in [1.54, 1.807) is 7.11 Å². The van der Waals surface area contributed by atoms with Gasteiger partial charge in [0.05, 0.1) is 12.0 Å². The lowest BCUT2D eigenvalue weighted by Gasteiger charge is -2.34. The molecule has 0 radical (unpaired) electrons. The van der Waals surface area contributed by atoms with Crippen LogP contribution in [0, 0.1) is 5.82 Å². The standard InChI is InChI=1S/C22H20FN5O3S2/c1-31-17-7-5-15(6-8-17)19-20-21(32-26-19)22(25-14-24-20)27-9-11-28(12-10-27)33(29,30)18-4-2-3-16(23)13-18/h2-8,13-14H,9-12H2,1H3. The Morgan fingerprint density at radius 3 is 2.48 bits per heavy atom. The van der Waals surface area contributed by atoms with Gasteiger partial charge in [0.15, 0.2) is 5.82 Å². The van der Waals surface area contributed by atoms with Gasteiger partial charge in [-0.3, -0.25) is 0 Å². The SMILES string of the molecule is COc1ccc(-c2nsc3c(N4CCN(S(=O)(=O)c5cccc(F)c5)CC4)ncnc23)cc1. The number of hydrogen-bond acceptors (Lipinski definition) is 8. The van der Waals surface area contributed by atoms with Crippen molar-refractivity contribution in [2.24, 2.45) is 0 Å². The van der Waals surface area contributed by atoms with Gasteiger partial charge >= 0.3 is 0 Å². The van der Waals surface area contributed by atoms with E-state index in [1.807, 2.05) is 29.2 Å². The molecule has 0 atom stereocenters. The van der Waals surface area contributed by atoms with Crippen LogP contribution in [0.1, 0.15) is 0 Å². The number of piperazine rings is 1. The predicted molar refractivity (Wildman–Crippen MR) is 125 cm³/mol. The molecule has 1 fully saturated rings. The molecule has 170 valence electrons. The van der Waals surface area contributed by atoms with E-state index in [1.165, 1.54) is 40.4 Å². The summed E-state index contributed by atoms with van der Waals surface area (Å²) in [5, 5.41) is 0. The molecule has 0 bridgehead atoms. The van der Waals surface area contributed by atoms with Crippen LogP contribution in [0.4, 0.5) is 10.2 Å². The first-order valence-corrected chi connectivity index (χ1v) is 12.4. The molecule has 3 heterocycles. The maximum absolute atomic E-state index is 13.5. The second-order valence-electron chi connectivity index (χ2n) is 7.48. The topological polar surface area (TPSA) is 88.5 Å². The first-order chi connectivity index (χ1) is 16.0. The summed E-state index contributed by atoms with van der Waals surface area (Å²) in [5.74, 6) is 0.927. The summed E-state index contributed by atoms with van der Waals surface area (Å²) in [4.78, 5) is 10.9.